The van der Waals surface area contributed by atoms with Gasteiger partial charge in [-0.25, -0.2) is 9.37 Å². The van der Waals surface area contributed by atoms with E-state index in [0.717, 1.165) is 24.2 Å². The lowest BCUT2D eigenvalue weighted by Crippen LogP contribution is -2.24. The first-order valence-electron chi connectivity index (χ1n) is 6.28. The summed E-state index contributed by atoms with van der Waals surface area (Å²) < 4.78 is 26.3. The number of carbonyl (C=O) groups is 1. The highest BCUT2D eigenvalue weighted by molar-refractivity contribution is 5.94. The van der Waals surface area contributed by atoms with Crippen molar-refractivity contribution < 1.29 is 13.6 Å². The molecule has 0 atom stereocenters. The Morgan fingerprint density at radius 1 is 1.15 bits per heavy atom. The molecule has 0 aliphatic carbocycles. The van der Waals surface area contributed by atoms with E-state index in [4.69, 9.17) is 0 Å². The van der Waals surface area contributed by atoms with Crippen LogP contribution < -0.4 is 5.32 Å². The van der Waals surface area contributed by atoms with E-state index in [1.807, 2.05) is 24.3 Å². The summed E-state index contributed by atoms with van der Waals surface area (Å²) >= 11 is 0. The number of aryl methyl sites for hydroxylation is 1. The predicted molar refractivity (Wildman–Crippen MR) is 71.1 cm³/mol. The molecule has 0 saturated carbocycles. The van der Waals surface area contributed by atoms with E-state index >= 15 is 0 Å². The van der Waals surface area contributed by atoms with E-state index in [2.05, 4.69) is 17.2 Å². The van der Waals surface area contributed by atoms with Crippen molar-refractivity contribution in [1.29, 1.82) is 0 Å². The second-order valence-electron chi connectivity index (χ2n) is 4.32. The van der Waals surface area contributed by atoms with E-state index in [0.29, 0.717) is 0 Å². The maximum absolute atomic E-state index is 13.4. The molecule has 1 amide bonds. The molecule has 0 spiro atoms. The number of amides is 1. The number of pyridine rings is 1. The lowest BCUT2D eigenvalue weighted by Gasteiger charge is -2.07. The van der Waals surface area contributed by atoms with Gasteiger partial charge in [-0.05, 0) is 23.6 Å². The number of hydrogen-bond acceptors (Lipinski definition) is 2. The van der Waals surface area contributed by atoms with Gasteiger partial charge in [-0.1, -0.05) is 31.2 Å². The second-order valence-corrected chi connectivity index (χ2v) is 4.32. The second kappa shape index (κ2) is 6.23. The highest BCUT2D eigenvalue weighted by Crippen LogP contribution is 2.09. The molecule has 1 heterocycles. The normalized spacial score (nSPS) is 10.3. The van der Waals surface area contributed by atoms with Gasteiger partial charge in [-0.15, -0.1) is 0 Å². The largest absolute Gasteiger partial charge is 0.348 e. The van der Waals surface area contributed by atoms with Crippen molar-refractivity contribution in [3.05, 3.63) is 65.0 Å². The first-order chi connectivity index (χ1) is 9.61. The van der Waals surface area contributed by atoms with Crippen molar-refractivity contribution in [2.75, 3.05) is 0 Å². The zero-order chi connectivity index (χ0) is 14.5. The van der Waals surface area contributed by atoms with Gasteiger partial charge in [0.05, 0.1) is 5.56 Å². The number of halogens is 2. The van der Waals surface area contributed by atoms with Gasteiger partial charge in [0.15, 0.2) is 5.82 Å². The van der Waals surface area contributed by atoms with Crippen LogP contribution in [0.4, 0.5) is 8.78 Å². The molecule has 1 aromatic carbocycles. The first-order valence-corrected chi connectivity index (χ1v) is 6.28. The van der Waals surface area contributed by atoms with Crippen LogP contribution in [0.5, 0.6) is 0 Å². The van der Waals surface area contributed by atoms with E-state index in [-0.39, 0.29) is 12.1 Å². The van der Waals surface area contributed by atoms with Crippen LogP contribution in [0.3, 0.4) is 0 Å². The molecular formula is C15H14F2N2O. The van der Waals surface area contributed by atoms with Crippen LogP contribution in [-0.2, 0) is 13.0 Å². The molecule has 2 aromatic rings. The first kappa shape index (κ1) is 14.1. The summed E-state index contributed by atoms with van der Waals surface area (Å²) in [6.07, 6.45) is 2.00. The van der Waals surface area contributed by atoms with Gasteiger partial charge in [0.1, 0.15) is 0 Å². The van der Waals surface area contributed by atoms with Gasteiger partial charge >= 0.3 is 0 Å². The molecule has 5 heteroatoms. The molecule has 1 N–H and O–H groups in total. The fourth-order valence-electron chi connectivity index (χ4n) is 1.76. The Hall–Kier alpha value is -2.30. The van der Waals surface area contributed by atoms with E-state index in [9.17, 15) is 13.6 Å². The van der Waals surface area contributed by atoms with Crippen molar-refractivity contribution in [1.82, 2.24) is 10.3 Å². The average Bonchev–Trinajstić information content (AvgIpc) is 2.48. The molecule has 1 aromatic heterocycles. The number of nitrogens with zero attached hydrogens (tertiary/aromatic N) is 1. The van der Waals surface area contributed by atoms with Crippen molar-refractivity contribution in [3.8, 4) is 0 Å². The molecule has 0 aliphatic heterocycles. The van der Waals surface area contributed by atoms with Crippen molar-refractivity contribution in [2.24, 2.45) is 0 Å². The smallest absolute Gasteiger partial charge is 0.254 e. The summed E-state index contributed by atoms with van der Waals surface area (Å²) in [6, 6.07) is 8.86. The Morgan fingerprint density at radius 3 is 2.45 bits per heavy atom. The van der Waals surface area contributed by atoms with Crippen LogP contribution in [0.15, 0.2) is 36.5 Å². The van der Waals surface area contributed by atoms with E-state index in [1.165, 1.54) is 5.56 Å². The van der Waals surface area contributed by atoms with Gasteiger partial charge in [0, 0.05) is 12.7 Å². The van der Waals surface area contributed by atoms with E-state index < -0.39 is 17.7 Å². The number of rotatable bonds is 4. The Morgan fingerprint density at radius 2 is 1.80 bits per heavy atom. The molecule has 0 aliphatic rings. The maximum Gasteiger partial charge on any atom is 0.254 e. The van der Waals surface area contributed by atoms with Crippen molar-refractivity contribution >= 4 is 5.91 Å². The molecule has 0 saturated heterocycles. The zero-order valence-corrected chi connectivity index (χ0v) is 11.0. The van der Waals surface area contributed by atoms with Gasteiger partial charge in [0.25, 0.3) is 5.91 Å². The minimum Gasteiger partial charge on any atom is -0.348 e. The molecule has 0 radical (unpaired) electrons. The SMILES string of the molecule is CCc1ccc(CNC(=O)c2ccnc(F)c2F)cc1. The zero-order valence-electron chi connectivity index (χ0n) is 11.0. The number of nitrogens with one attached hydrogen (secondary N) is 1. The van der Waals surface area contributed by atoms with Crippen LogP contribution in [-0.4, -0.2) is 10.9 Å². The van der Waals surface area contributed by atoms with E-state index in [1.54, 1.807) is 0 Å². The fourth-order valence-corrected chi connectivity index (χ4v) is 1.76. The summed E-state index contributed by atoms with van der Waals surface area (Å²) in [6.45, 7) is 2.31. The Labute approximate surface area is 115 Å². The van der Waals surface area contributed by atoms with Crippen molar-refractivity contribution in [3.63, 3.8) is 0 Å². The fraction of sp³-hybridized carbons (Fsp3) is 0.200. The standard InChI is InChI=1S/C15H14F2N2O/c1-2-10-3-5-11(6-4-10)9-19-15(20)12-7-8-18-14(17)13(12)16/h3-8H,2,9H2,1H3,(H,19,20). The molecule has 3 nitrogen and oxygen atoms in total. The predicted octanol–water partition coefficient (Wildman–Crippen LogP) is 2.85. The lowest BCUT2D eigenvalue weighted by molar-refractivity contribution is 0.0945. The molecule has 2 rings (SSSR count). The Bertz CT molecular complexity index is 612. The quantitative estimate of drug-likeness (QED) is 0.872. The minimum absolute atomic E-state index is 0.256. The topological polar surface area (TPSA) is 42.0 Å². The lowest BCUT2D eigenvalue weighted by atomic mass is 10.1. The van der Waals surface area contributed by atoms with Crippen LogP contribution in [0, 0.1) is 11.8 Å². The Kier molecular flexibility index (Phi) is 4.40. The maximum atomic E-state index is 13.4. The number of aromatic nitrogens is 1. The van der Waals surface area contributed by atoms with Crippen LogP contribution in [0.1, 0.15) is 28.4 Å². The van der Waals surface area contributed by atoms with Gasteiger partial charge in [-0.2, -0.15) is 4.39 Å². The molecular weight excluding hydrogens is 262 g/mol. The minimum atomic E-state index is -1.27. The number of benzene rings is 1. The van der Waals surface area contributed by atoms with Crippen LogP contribution in [0.2, 0.25) is 0 Å². The highest BCUT2D eigenvalue weighted by atomic mass is 19.2. The summed E-state index contributed by atoms with van der Waals surface area (Å²) in [4.78, 5) is 14.9. The van der Waals surface area contributed by atoms with Crippen LogP contribution in [0.25, 0.3) is 0 Å². The highest BCUT2D eigenvalue weighted by Gasteiger charge is 2.15. The summed E-state index contributed by atoms with van der Waals surface area (Å²) in [5, 5.41) is 2.55. The summed E-state index contributed by atoms with van der Waals surface area (Å²) in [7, 11) is 0. The third-order valence-electron chi connectivity index (χ3n) is 2.98. The van der Waals surface area contributed by atoms with Gasteiger partial charge in [-0.3, -0.25) is 4.79 Å². The molecule has 0 fully saturated rings. The summed E-state index contributed by atoms with van der Waals surface area (Å²) in [5.41, 5.74) is 1.75. The third kappa shape index (κ3) is 3.17. The van der Waals surface area contributed by atoms with Crippen LogP contribution >= 0.6 is 0 Å². The molecule has 0 unspecified atom stereocenters. The Balaban J connectivity index is 2.02. The van der Waals surface area contributed by atoms with Gasteiger partial charge < -0.3 is 5.32 Å². The monoisotopic (exact) mass is 276 g/mol. The number of carbonyl (C=O) groups excluding carboxylic acids is 1. The molecule has 0 bridgehead atoms. The molecule has 104 valence electrons. The van der Waals surface area contributed by atoms with Gasteiger partial charge in [0.2, 0.25) is 5.95 Å². The van der Waals surface area contributed by atoms with Crippen molar-refractivity contribution in [2.45, 2.75) is 19.9 Å². The number of hydrogen-bond donors (Lipinski definition) is 1. The average molecular weight is 276 g/mol. The molecule has 20 heavy (non-hydrogen) atoms. The third-order valence-corrected chi connectivity index (χ3v) is 2.98. The summed E-state index contributed by atoms with van der Waals surface area (Å²) in [5.74, 6) is -3.17.